The smallest absolute Gasteiger partial charge is 0.0406 e. The predicted molar refractivity (Wildman–Crippen MR) is 84.3 cm³/mol. The van der Waals surface area contributed by atoms with E-state index in [0.717, 1.165) is 10.6 Å². The summed E-state index contributed by atoms with van der Waals surface area (Å²) in [6.07, 6.45) is 4.22. The molecule has 0 aliphatic rings. The summed E-state index contributed by atoms with van der Waals surface area (Å²) in [6.45, 7) is 0. The lowest BCUT2D eigenvalue weighted by atomic mass is 10.1. The lowest BCUT2D eigenvalue weighted by molar-refractivity contribution is 1.66. The minimum absolute atomic E-state index is 0.767. The fraction of sp³-hybridized carbons (Fsp3) is 0. The highest BCUT2D eigenvalue weighted by Gasteiger charge is 1.93. The molecule has 0 N–H and O–H groups in total. The van der Waals surface area contributed by atoms with Gasteiger partial charge < -0.3 is 0 Å². The summed E-state index contributed by atoms with van der Waals surface area (Å²) in [5.74, 6) is 0. The SMILES string of the molecule is Clc1ccc(/C=C/c2ccc3ccccc3c2)cc1. The molecule has 0 amide bonds. The number of hydrogen-bond acceptors (Lipinski definition) is 0. The second-order valence-electron chi connectivity index (χ2n) is 4.49. The quantitative estimate of drug-likeness (QED) is 0.524. The topological polar surface area (TPSA) is 0 Å². The average Bonchev–Trinajstić information content (AvgIpc) is 2.46. The van der Waals surface area contributed by atoms with E-state index in [1.165, 1.54) is 16.3 Å². The maximum absolute atomic E-state index is 5.87. The molecule has 0 nitrogen and oxygen atoms in total. The molecule has 0 saturated heterocycles. The summed E-state index contributed by atoms with van der Waals surface area (Å²) in [7, 11) is 0. The molecular weight excluding hydrogens is 252 g/mol. The highest BCUT2D eigenvalue weighted by molar-refractivity contribution is 6.30. The molecule has 19 heavy (non-hydrogen) atoms. The first-order chi connectivity index (χ1) is 9.31. The Morgan fingerprint density at radius 1 is 0.632 bits per heavy atom. The van der Waals surface area contributed by atoms with Crippen molar-refractivity contribution in [3.8, 4) is 0 Å². The Morgan fingerprint density at radius 3 is 2.05 bits per heavy atom. The Kier molecular flexibility index (Phi) is 3.35. The third kappa shape index (κ3) is 2.86. The second-order valence-corrected chi connectivity index (χ2v) is 4.93. The average molecular weight is 265 g/mol. The molecule has 3 aromatic rings. The van der Waals surface area contributed by atoms with Gasteiger partial charge in [0.2, 0.25) is 0 Å². The van der Waals surface area contributed by atoms with E-state index in [0.29, 0.717) is 0 Å². The van der Waals surface area contributed by atoms with Crippen LogP contribution >= 0.6 is 11.6 Å². The summed E-state index contributed by atoms with van der Waals surface area (Å²) in [4.78, 5) is 0. The van der Waals surface area contributed by atoms with Crippen LogP contribution in [0.4, 0.5) is 0 Å². The highest BCUT2D eigenvalue weighted by atomic mass is 35.5. The van der Waals surface area contributed by atoms with Gasteiger partial charge in [0.25, 0.3) is 0 Å². The molecule has 3 aromatic carbocycles. The number of fused-ring (bicyclic) bond motifs is 1. The van der Waals surface area contributed by atoms with Crippen LogP contribution in [0, 0.1) is 0 Å². The molecule has 0 spiro atoms. The second kappa shape index (κ2) is 5.29. The first-order valence-electron chi connectivity index (χ1n) is 6.24. The Bertz CT molecular complexity index is 724. The van der Waals surface area contributed by atoms with Gasteiger partial charge in [-0.25, -0.2) is 0 Å². The van der Waals surface area contributed by atoms with Gasteiger partial charge >= 0.3 is 0 Å². The van der Waals surface area contributed by atoms with E-state index in [9.17, 15) is 0 Å². The zero-order chi connectivity index (χ0) is 13.1. The van der Waals surface area contributed by atoms with E-state index in [1.54, 1.807) is 0 Å². The van der Waals surface area contributed by atoms with Crippen LogP contribution in [-0.2, 0) is 0 Å². The molecule has 0 fully saturated rings. The van der Waals surface area contributed by atoms with E-state index in [4.69, 9.17) is 11.6 Å². The molecule has 0 radical (unpaired) electrons. The van der Waals surface area contributed by atoms with Crippen LogP contribution in [0.1, 0.15) is 11.1 Å². The lowest BCUT2D eigenvalue weighted by Gasteiger charge is -1.99. The fourth-order valence-electron chi connectivity index (χ4n) is 2.08. The third-order valence-corrected chi connectivity index (χ3v) is 3.36. The molecule has 0 aromatic heterocycles. The number of rotatable bonds is 2. The van der Waals surface area contributed by atoms with Gasteiger partial charge in [-0.1, -0.05) is 72.3 Å². The van der Waals surface area contributed by atoms with Crippen LogP contribution in [0.3, 0.4) is 0 Å². The Balaban J connectivity index is 1.90. The van der Waals surface area contributed by atoms with Crippen molar-refractivity contribution in [3.63, 3.8) is 0 Å². The number of hydrogen-bond donors (Lipinski definition) is 0. The van der Waals surface area contributed by atoms with Crippen molar-refractivity contribution >= 4 is 34.5 Å². The zero-order valence-corrected chi connectivity index (χ0v) is 11.1. The largest absolute Gasteiger partial charge is 0.0843 e. The summed E-state index contributed by atoms with van der Waals surface area (Å²) in [5, 5.41) is 3.30. The summed E-state index contributed by atoms with van der Waals surface area (Å²) in [6, 6.07) is 22.7. The third-order valence-electron chi connectivity index (χ3n) is 3.11. The van der Waals surface area contributed by atoms with Crippen LogP contribution < -0.4 is 0 Å². The summed E-state index contributed by atoms with van der Waals surface area (Å²) < 4.78 is 0. The van der Waals surface area contributed by atoms with Crippen molar-refractivity contribution < 1.29 is 0 Å². The van der Waals surface area contributed by atoms with Gasteiger partial charge in [-0.15, -0.1) is 0 Å². The lowest BCUT2D eigenvalue weighted by Crippen LogP contribution is -1.75. The molecule has 92 valence electrons. The first kappa shape index (κ1) is 12.0. The van der Waals surface area contributed by atoms with Crippen LogP contribution in [0.15, 0.2) is 66.7 Å². The number of halogens is 1. The van der Waals surface area contributed by atoms with Crippen molar-refractivity contribution in [3.05, 3.63) is 82.9 Å². The fourth-order valence-corrected chi connectivity index (χ4v) is 2.20. The Morgan fingerprint density at radius 2 is 1.26 bits per heavy atom. The van der Waals surface area contributed by atoms with Gasteiger partial charge in [-0.3, -0.25) is 0 Å². The molecule has 3 rings (SSSR count). The highest BCUT2D eigenvalue weighted by Crippen LogP contribution is 2.18. The molecule has 0 bridgehead atoms. The Labute approximate surface area is 118 Å². The summed E-state index contributed by atoms with van der Waals surface area (Å²) >= 11 is 5.87. The van der Waals surface area contributed by atoms with Crippen molar-refractivity contribution in [2.45, 2.75) is 0 Å². The normalized spacial score (nSPS) is 11.2. The van der Waals surface area contributed by atoms with Crippen molar-refractivity contribution in [2.75, 3.05) is 0 Å². The van der Waals surface area contributed by atoms with E-state index in [-0.39, 0.29) is 0 Å². The van der Waals surface area contributed by atoms with Gasteiger partial charge in [0.15, 0.2) is 0 Å². The molecule has 0 aliphatic carbocycles. The van der Waals surface area contributed by atoms with Crippen molar-refractivity contribution in [1.82, 2.24) is 0 Å². The van der Waals surface area contributed by atoms with E-state index >= 15 is 0 Å². The van der Waals surface area contributed by atoms with Crippen LogP contribution in [0.5, 0.6) is 0 Å². The Hall–Kier alpha value is -2.05. The van der Waals surface area contributed by atoms with Gasteiger partial charge in [-0.05, 0) is 40.1 Å². The maximum atomic E-state index is 5.87. The molecular formula is C18H13Cl. The molecule has 0 aliphatic heterocycles. The first-order valence-corrected chi connectivity index (χ1v) is 6.61. The molecule has 0 unspecified atom stereocenters. The number of benzene rings is 3. The van der Waals surface area contributed by atoms with Gasteiger partial charge in [0.1, 0.15) is 0 Å². The van der Waals surface area contributed by atoms with E-state index in [2.05, 4.69) is 54.6 Å². The van der Waals surface area contributed by atoms with Gasteiger partial charge in [0.05, 0.1) is 0 Å². The van der Waals surface area contributed by atoms with E-state index < -0.39 is 0 Å². The molecule has 0 heterocycles. The summed E-state index contributed by atoms with van der Waals surface area (Å²) in [5.41, 5.74) is 2.35. The predicted octanol–water partition coefficient (Wildman–Crippen LogP) is 5.66. The van der Waals surface area contributed by atoms with Crippen LogP contribution in [0.2, 0.25) is 5.02 Å². The molecule has 0 atom stereocenters. The zero-order valence-electron chi connectivity index (χ0n) is 10.4. The van der Waals surface area contributed by atoms with Gasteiger partial charge in [0, 0.05) is 5.02 Å². The molecule has 0 saturated carbocycles. The standard InChI is InChI=1S/C18H13Cl/c19-18-11-8-14(9-12-18)5-6-15-7-10-16-3-1-2-4-17(16)13-15/h1-13H/b6-5+. The van der Waals surface area contributed by atoms with E-state index in [1.807, 2.05) is 24.3 Å². The minimum atomic E-state index is 0.767. The van der Waals surface area contributed by atoms with Crippen LogP contribution in [-0.4, -0.2) is 0 Å². The minimum Gasteiger partial charge on any atom is -0.0843 e. The van der Waals surface area contributed by atoms with Crippen LogP contribution in [0.25, 0.3) is 22.9 Å². The maximum Gasteiger partial charge on any atom is 0.0406 e. The van der Waals surface area contributed by atoms with Crippen molar-refractivity contribution in [2.24, 2.45) is 0 Å². The molecule has 1 heteroatoms. The van der Waals surface area contributed by atoms with Gasteiger partial charge in [-0.2, -0.15) is 0 Å². The monoisotopic (exact) mass is 264 g/mol. The van der Waals surface area contributed by atoms with Crippen molar-refractivity contribution in [1.29, 1.82) is 0 Å².